The Hall–Kier alpha value is -1.08. The van der Waals surface area contributed by atoms with Gasteiger partial charge in [0.1, 0.15) is 11.1 Å². The molecule has 0 fully saturated rings. The minimum atomic E-state index is -1.29. The van der Waals surface area contributed by atoms with Gasteiger partial charge in [0.15, 0.2) is 0 Å². The first kappa shape index (κ1) is 28.0. The lowest BCUT2D eigenvalue weighted by Crippen LogP contribution is -3.00. The van der Waals surface area contributed by atoms with Crippen molar-refractivity contribution in [3.05, 3.63) is 53.1 Å². The average Bonchev–Trinajstić information content (AvgIpc) is 2.78. The smallest absolute Gasteiger partial charge is 0.119 e. The number of aliphatic imine (C=N–C) groups is 1. The maximum Gasteiger partial charge on any atom is 0.119 e. The van der Waals surface area contributed by atoms with E-state index in [0.717, 1.165) is 16.5 Å². The van der Waals surface area contributed by atoms with Crippen molar-refractivity contribution < 1.29 is 17.1 Å². The summed E-state index contributed by atoms with van der Waals surface area (Å²) in [4.78, 5) is 4.79. The second kappa shape index (κ2) is 14.9. The Bertz CT molecular complexity index is 771. The molecule has 0 N–H and O–H groups in total. The number of methoxy groups -OCH3 is 1. The molecule has 0 radical (unpaired) electrons. The van der Waals surface area contributed by atoms with E-state index in [2.05, 4.69) is 32.9 Å². The number of hydrogen-bond donors (Lipinski definition) is 0. The zero-order valence-electron chi connectivity index (χ0n) is 19.5. The highest BCUT2D eigenvalue weighted by molar-refractivity contribution is 7.83. The fraction of sp³-hybridized carbons (Fsp3) is 0.500. The van der Waals surface area contributed by atoms with Crippen molar-refractivity contribution in [1.82, 2.24) is 0 Å². The van der Waals surface area contributed by atoms with Crippen molar-refractivity contribution >= 4 is 36.1 Å². The largest absolute Gasteiger partial charge is 1.00 e. The number of benzene rings is 2. The Kier molecular flexibility index (Phi) is 13.4. The Labute approximate surface area is 201 Å². The fourth-order valence-corrected chi connectivity index (χ4v) is 9.43. The van der Waals surface area contributed by atoms with Crippen molar-refractivity contribution in [3.63, 3.8) is 0 Å². The van der Waals surface area contributed by atoms with Crippen LogP contribution >= 0.6 is 18.9 Å². The molecule has 31 heavy (non-hydrogen) atoms. The lowest BCUT2D eigenvalue weighted by atomic mass is 10.2. The quantitative estimate of drug-likeness (QED) is 0.286. The van der Waals surface area contributed by atoms with Crippen LogP contribution in [0, 0.1) is 0 Å². The van der Waals surface area contributed by atoms with E-state index in [9.17, 15) is 0 Å². The van der Waals surface area contributed by atoms with Gasteiger partial charge in [-0.1, -0.05) is 51.6 Å². The van der Waals surface area contributed by atoms with Crippen LogP contribution in [0.1, 0.15) is 64.9 Å². The van der Waals surface area contributed by atoms with Gasteiger partial charge in [-0.3, -0.25) is 4.99 Å². The van der Waals surface area contributed by atoms with Crippen molar-refractivity contribution in [3.8, 4) is 5.75 Å². The van der Waals surface area contributed by atoms with E-state index in [1.807, 2.05) is 36.5 Å². The number of rotatable bonds is 13. The fourth-order valence-electron chi connectivity index (χ4n) is 3.93. The standard InChI is InChI=1S/C26H38ClNOP.ClH/c1-5-8-17-30(18-9-6-2,19-10-7-3)26-20-23(27)12-11-22(26)21-28-24-13-15-25(29-4)16-14-24;/h11-16,20-21H,5-10,17-19H2,1-4H3;1H/q+1;/p-1. The molecular weight excluding hydrogens is 444 g/mol. The van der Waals surface area contributed by atoms with E-state index < -0.39 is 7.26 Å². The van der Waals surface area contributed by atoms with Crippen LogP contribution in [-0.4, -0.2) is 31.8 Å². The number of hydrogen-bond acceptors (Lipinski definition) is 2. The molecule has 172 valence electrons. The van der Waals surface area contributed by atoms with Gasteiger partial charge in [0.2, 0.25) is 0 Å². The van der Waals surface area contributed by atoms with Crippen LogP contribution in [0.4, 0.5) is 5.69 Å². The minimum Gasteiger partial charge on any atom is -1.00 e. The molecule has 0 saturated heterocycles. The number of nitrogens with zero attached hydrogens (tertiary/aromatic N) is 1. The summed E-state index contributed by atoms with van der Waals surface area (Å²) in [5, 5.41) is 2.34. The van der Waals surface area contributed by atoms with E-state index in [-0.39, 0.29) is 12.4 Å². The number of halogens is 2. The molecule has 5 heteroatoms. The van der Waals surface area contributed by atoms with Gasteiger partial charge in [0.05, 0.1) is 31.3 Å². The molecule has 0 atom stereocenters. The lowest BCUT2D eigenvalue weighted by molar-refractivity contribution is -0.00000659. The van der Waals surface area contributed by atoms with Crippen LogP contribution < -0.4 is 22.4 Å². The highest BCUT2D eigenvalue weighted by Gasteiger charge is 2.40. The maximum atomic E-state index is 6.53. The van der Waals surface area contributed by atoms with Crippen molar-refractivity contribution in [2.24, 2.45) is 4.99 Å². The van der Waals surface area contributed by atoms with Gasteiger partial charge in [-0.25, -0.2) is 0 Å². The summed E-state index contributed by atoms with van der Waals surface area (Å²) < 4.78 is 5.26. The molecule has 0 aliphatic heterocycles. The predicted octanol–water partition coefficient (Wildman–Crippen LogP) is 5.15. The van der Waals surface area contributed by atoms with Gasteiger partial charge in [-0.15, -0.1) is 0 Å². The van der Waals surface area contributed by atoms with E-state index in [1.165, 1.54) is 67.9 Å². The van der Waals surface area contributed by atoms with Gasteiger partial charge in [-0.2, -0.15) is 0 Å². The monoisotopic (exact) mass is 481 g/mol. The zero-order valence-corrected chi connectivity index (χ0v) is 21.9. The SMILES string of the molecule is CCCC[P+](CCCC)(CCCC)c1cc(Cl)ccc1C=Nc1ccc(OC)cc1.[Cl-]. The van der Waals surface area contributed by atoms with Gasteiger partial charge in [-0.05, 0) is 61.7 Å². The molecule has 0 spiro atoms. The van der Waals surface area contributed by atoms with Gasteiger partial charge in [0.25, 0.3) is 0 Å². The predicted molar refractivity (Wildman–Crippen MR) is 138 cm³/mol. The van der Waals surface area contributed by atoms with Crippen LogP contribution in [0.3, 0.4) is 0 Å². The van der Waals surface area contributed by atoms with Crippen LogP contribution in [0.15, 0.2) is 47.5 Å². The zero-order chi connectivity index (χ0) is 21.8. The number of ether oxygens (including phenoxy) is 1. The first-order valence-electron chi connectivity index (χ1n) is 11.4. The average molecular weight is 482 g/mol. The van der Waals surface area contributed by atoms with Crippen LogP contribution in [-0.2, 0) is 0 Å². The third-order valence-electron chi connectivity index (χ3n) is 5.75. The molecule has 0 unspecified atom stereocenters. The van der Waals surface area contributed by atoms with Gasteiger partial charge in [0, 0.05) is 24.1 Å². The molecule has 2 rings (SSSR count). The molecule has 2 aromatic carbocycles. The Morgan fingerprint density at radius 3 is 1.90 bits per heavy atom. The molecule has 0 bridgehead atoms. The Balaban J connectivity index is 0.00000480. The molecule has 0 aromatic heterocycles. The van der Waals surface area contributed by atoms with Crippen molar-refractivity contribution in [1.29, 1.82) is 0 Å². The van der Waals surface area contributed by atoms with Gasteiger partial charge >= 0.3 is 0 Å². The van der Waals surface area contributed by atoms with Gasteiger partial charge < -0.3 is 17.1 Å². The maximum absolute atomic E-state index is 6.53. The summed E-state index contributed by atoms with van der Waals surface area (Å²) in [7, 11) is 0.393. The lowest BCUT2D eigenvalue weighted by Gasteiger charge is -2.29. The highest BCUT2D eigenvalue weighted by atomic mass is 35.5. The molecular formula is C26H38Cl2NOP. The van der Waals surface area contributed by atoms with Crippen LogP contribution in [0.5, 0.6) is 5.75 Å². The second-order valence-electron chi connectivity index (χ2n) is 8.04. The third-order valence-corrected chi connectivity index (χ3v) is 10.9. The molecule has 2 aromatic rings. The summed E-state index contributed by atoms with van der Waals surface area (Å²) in [6.45, 7) is 6.91. The molecule has 2 nitrogen and oxygen atoms in total. The van der Waals surface area contributed by atoms with Crippen LogP contribution in [0.2, 0.25) is 5.02 Å². The van der Waals surface area contributed by atoms with Crippen molar-refractivity contribution in [2.45, 2.75) is 59.3 Å². The third kappa shape index (κ3) is 8.41. The Morgan fingerprint density at radius 1 is 0.871 bits per heavy atom. The first-order chi connectivity index (χ1) is 14.6. The number of unbranched alkanes of at least 4 members (excludes halogenated alkanes) is 3. The normalized spacial score (nSPS) is 11.5. The summed E-state index contributed by atoms with van der Waals surface area (Å²) in [6, 6.07) is 14.3. The highest BCUT2D eigenvalue weighted by Crippen LogP contribution is 2.60. The Morgan fingerprint density at radius 2 is 1.42 bits per heavy atom. The summed E-state index contributed by atoms with van der Waals surface area (Å²) in [5.41, 5.74) is 2.18. The second-order valence-corrected chi connectivity index (χ2v) is 12.6. The molecule has 0 saturated carbocycles. The molecule has 0 aliphatic rings. The van der Waals surface area contributed by atoms with Crippen molar-refractivity contribution in [2.75, 3.05) is 25.6 Å². The first-order valence-corrected chi connectivity index (χ1v) is 14.1. The molecule has 0 heterocycles. The summed E-state index contributed by atoms with van der Waals surface area (Å²) in [6.07, 6.45) is 13.6. The van der Waals surface area contributed by atoms with E-state index in [4.69, 9.17) is 21.3 Å². The van der Waals surface area contributed by atoms with Crippen LogP contribution in [0.25, 0.3) is 0 Å². The van der Waals surface area contributed by atoms with E-state index in [0.29, 0.717) is 0 Å². The molecule has 0 amide bonds. The molecule has 0 aliphatic carbocycles. The summed E-state index contributed by atoms with van der Waals surface area (Å²) >= 11 is 6.53. The van der Waals surface area contributed by atoms with E-state index in [1.54, 1.807) is 7.11 Å². The van der Waals surface area contributed by atoms with E-state index >= 15 is 0 Å². The topological polar surface area (TPSA) is 21.6 Å². The summed E-state index contributed by atoms with van der Waals surface area (Å²) in [5.74, 6) is 0.852. The minimum absolute atomic E-state index is 0.